The molecule has 9 amide bonds. The van der Waals surface area contributed by atoms with Crippen LogP contribution in [0.1, 0.15) is 170 Å². The predicted molar refractivity (Wildman–Crippen MR) is 371 cm³/mol. The zero-order valence-electron chi connectivity index (χ0n) is 58.2. The lowest BCUT2D eigenvalue weighted by atomic mass is 9.90. The second-order valence-corrected chi connectivity index (χ2v) is 25.1. The third-order valence-corrected chi connectivity index (χ3v) is 18.0. The molecule has 6 N–H and O–H groups in total. The van der Waals surface area contributed by atoms with Gasteiger partial charge in [-0.2, -0.15) is 0 Å². The van der Waals surface area contributed by atoms with Crippen molar-refractivity contribution in [3.63, 3.8) is 0 Å². The number of hydrogen-bond donors (Lipinski definition) is 6. The molecule has 28 nitrogen and oxygen atoms in total. The van der Waals surface area contributed by atoms with Crippen LogP contribution < -0.4 is 31.9 Å². The summed E-state index contributed by atoms with van der Waals surface area (Å²) in [5, 5.41) is 18.5. The third kappa shape index (κ3) is 25.4. The second-order valence-electron chi connectivity index (χ2n) is 23.5. The minimum Gasteiger partial charge on any atom is -0.451 e. The maximum absolute atomic E-state index is 14.9. The number of furan rings is 3. The summed E-state index contributed by atoms with van der Waals surface area (Å²) in [6.07, 6.45) is 8.50. The minimum absolute atomic E-state index is 0.0127. The SMILES string of the molecule is CCCCC[C@@H](C(=O)NCNC(=O)c1ccc(-c2ccccc2)o1)[C@@H](CC)N(C=O)OCOP(=O)(OCON(C=O)[C@H](CC)[C@@H](CCCCC)C(=O)NCNC(=O)c1ccc(-c2ccccc2)o1)OCON(C=O)[C@H](CC)[C@@H](CCCCC)C(=O)NCNC(=O)c1ccc(-c2ccccc2)o1. The van der Waals surface area contributed by atoms with Crippen LogP contribution in [0, 0.1) is 17.8 Å². The summed E-state index contributed by atoms with van der Waals surface area (Å²) in [5.41, 5.74) is 2.29. The van der Waals surface area contributed by atoms with Crippen LogP contribution in [0.5, 0.6) is 0 Å². The molecule has 0 radical (unpaired) electrons. The first kappa shape index (κ1) is 80.7. The fraction of sp³-hybridized carbons (Fsp3) is 0.458. The van der Waals surface area contributed by atoms with E-state index in [-0.39, 0.29) is 75.8 Å². The number of amides is 9. The smallest absolute Gasteiger partial charge is 0.451 e. The van der Waals surface area contributed by atoms with E-state index in [4.69, 9.17) is 41.3 Å². The second kappa shape index (κ2) is 44.1. The third-order valence-electron chi connectivity index (χ3n) is 16.7. The van der Waals surface area contributed by atoms with Crippen LogP contribution in [-0.2, 0) is 61.4 Å². The molecule has 0 saturated heterocycles. The summed E-state index contributed by atoms with van der Waals surface area (Å²) in [5.74, 6) is -4.68. The Morgan fingerprint density at radius 2 is 0.653 bits per heavy atom. The molecule has 0 fully saturated rings. The maximum atomic E-state index is 14.9. The predicted octanol–water partition coefficient (Wildman–Crippen LogP) is 11.4. The largest absolute Gasteiger partial charge is 0.481 e. The number of phosphoric acid groups is 1. The lowest BCUT2D eigenvalue weighted by Crippen LogP contribution is -2.48. The topological polar surface area (TPSA) is 347 Å². The van der Waals surface area contributed by atoms with Gasteiger partial charge in [-0.3, -0.25) is 56.7 Å². The van der Waals surface area contributed by atoms with Crippen LogP contribution in [-0.4, -0.2) is 128 Å². The van der Waals surface area contributed by atoms with Gasteiger partial charge in [-0.15, -0.1) is 0 Å². The summed E-state index contributed by atoms with van der Waals surface area (Å²) in [7, 11) is -5.11. The van der Waals surface area contributed by atoms with Gasteiger partial charge in [0.2, 0.25) is 37.0 Å². The van der Waals surface area contributed by atoms with Crippen molar-refractivity contribution in [2.75, 3.05) is 40.4 Å². The Morgan fingerprint density at radius 3 is 0.891 bits per heavy atom. The summed E-state index contributed by atoms with van der Waals surface area (Å²) in [6.45, 7) is 7.00. The average Bonchev–Trinajstić information content (AvgIpc) is 1.75. The zero-order valence-corrected chi connectivity index (χ0v) is 59.1. The molecule has 101 heavy (non-hydrogen) atoms. The van der Waals surface area contributed by atoms with Crippen molar-refractivity contribution in [2.24, 2.45) is 17.8 Å². The number of nitrogens with one attached hydrogen (secondary N) is 6. The number of hydrogen-bond acceptors (Lipinski definition) is 19. The fourth-order valence-corrected chi connectivity index (χ4v) is 12.1. The molecule has 0 unspecified atom stereocenters. The molecule has 0 bridgehead atoms. The van der Waals surface area contributed by atoms with Gasteiger partial charge in [0, 0.05) is 16.7 Å². The molecule has 3 aromatic carbocycles. The van der Waals surface area contributed by atoms with Crippen molar-refractivity contribution < 1.29 is 89.1 Å². The quantitative estimate of drug-likeness (QED) is 0.00679. The van der Waals surface area contributed by atoms with E-state index >= 15 is 0 Å². The van der Waals surface area contributed by atoms with Crippen molar-refractivity contribution in [1.29, 1.82) is 0 Å². The Hall–Kier alpha value is -9.28. The van der Waals surface area contributed by atoms with Gasteiger partial charge in [-0.25, -0.2) is 34.3 Å². The number of hydroxylamine groups is 6. The Morgan fingerprint density at radius 1 is 0.386 bits per heavy atom. The first-order valence-electron chi connectivity index (χ1n) is 34.4. The Labute approximate surface area is 589 Å². The standard InChI is InChI=1S/C72H96N9O19P/c1-7-13-19-34-55(67(85)73-43-76-70(88)64-40-37-61(98-64)52-28-22-16-23-29-52)58(10-4)79(46-82)92-49-95-101(91,96-50-93-80(47-83)59(11-5)56(35-20-14-8-2)68(86)74-44-77-71(89)65-41-38-62(99-65)53-30-24-17-25-31-53)97-51-94-81(48-84)60(12-6)57(36-21-15-9-3)69(87)75-45-78-72(90)66-42-39-63(100-66)54-32-26-18-27-33-54/h16-18,22-33,37-42,46-48,55-60H,7-15,19-21,34-36,43-45,49-51H2,1-6H3,(H,73,85)(H,74,86)(H,75,87)(H,76,88)(H,77,89)(H,78,90)/t55-,56-,57-,58-,59-,60-/m1/s1. The van der Waals surface area contributed by atoms with E-state index in [9.17, 15) is 47.7 Å². The summed E-state index contributed by atoms with van der Waals surface area (Å²) < 4.78 is 49.2. The van der Waals surface area contributed by atoms with Gasteiger partial charge in [-0.1, -0.05) is 190 Å². The van der Waals surface area contributed by atoms with Crippen LogP contribution in [0.25, 0.3) is 34.0 Å². The molecule has 0 aliphatic rings. The molecule has 6 atom stereocenters. The number of carbonyl (C=O) groups is 9. The molecule has 0 spiro atoms. The molecule has 6 rings (SSSR count). The number of carbonyl (C=O) groups excluding carboxylic acids is 9. The van der Waals surface area contributed by atoms with Crippen LogP contribution in [0.15, 0.2) is 141 Å². The lowest BCUT2D eigenvalue weighted by molar-refractivity contribution is -0.241. The van der Waals surface area contributed by atoms with Gasteiger partial charge in [0.25, 0.3) is 17.7 Å². The van der Waals surface area contributed by atoms with Gasteiger partial charge in [0.1, 0.15) is 17.3 Å². The fourth-order valence-electron chi connectivity index (χ4n) is 11.4. The van der Waals surface area contributed by atoms with Crippen molar-refractivity contribution >= 4 is 62.5 Å². The number of nitrogens with zero attached hydrogens (tertiary/aromatic N) is 3. The highest BCUT2D eigenvalue weighted by atomic mass is 31.2. The molecular weight excluding hydrogens is 1330 g/mol. The van der Waals surface area contributed by atoms with Crippen LogP contribution in [0.3, 0.4) is 0 Å². The van der Waals surface area contributed by atoms with Crippen LogP contribution >= 0.6 is 7.82 Å². The van der Waals surface area contributed by atoms with Crippen LogP contribution in [0.2, 0.25) is 0 Å². The lowest BCUT2D eigenvalue weighted by Gasteiger charge is -2.33. The van der Waals surface area contributed by atoms with Gasteiger partial charge in [-0.05, 0) is 74.9 Å². The summed E-state index contributed by atoms with van der Waals surface area (Å²) in [4.78, 5) is 138. The molecule has 0 aliphatic carbocycles. The van der Waals surface area contributed by atoms with Crippen molar-refractivity contribution in [1.82, 2.24) is 47.1 Å². The molecule has 0 aliphatic heterocycles. The van der Waals surface area contributed by atoms with Crippen LogP contribution in [0.4, 0.5) is 0 Å². The van der Waals surface area contributed by atoms with Gasteiger partial charge in [0.15, 0.2) is 37.7 Å². The van der Waals surface area contributed by atoms with Crippen molar-refractivity contribution in [2.45, 2.75) is 156 Å². The first-order chi connectivity index (χ1) is 49.1. The average molecular weight is 1420 g/mol. The van der Waals surface area contributed by atoms with E-state index in [1.165, 1.54) is 18.2 Å². The minimum atomic E-state index is -5.11. The van der Waals surface area contributed by atoms with E-state index in [1.807, 2.05) is 112 Å². The van der Waals surface area contributed by atoms with Gasteiger partial charge >= 0.3 is 7.82 Å². The molecule has 6 aromatic rings. The van der Waals surface area contributed by atoms with E-state index in [0.717, 1.165) is 70.4 Å². The monoisotopic (exact) mass is 1420 g/mol. The summed E-state index contributed by atoms with van der Waals surface area (Å²) in [6, 6.07) is 34.1. The van der Waals surface area contributed by atoms with E-state index in [2.05, 4.69) is 31.9 Å². The number of rotatable bonds is 51. The van der Waals surface area contributed by atoms with Crippen molar-refractivity contribution in [3.05, 3.63) is 145 Å². The molecule has 29 heteroatoms. The maximum Gasteiger partial charge on any atom is 0.481 e. The Bertz CT molecular complexity index is 3180. The molecule has 3 heterocycles. The highest BCUT2D eigenvalue weighted by Gasteiger charge is 2.38. The first-order valence-corrected chi connectivity index (χ1v) is 35.8. The number of benzene rings is 3. The Kier molecular flexibility index (Phi) is 35.2. The van der Waals surface area contributed by atoms with Gasteiger partial charge in [0.05, 0.1) is 55.9 Å². The zero-order chi connectivity index (χ0) is 72.8. The molecule has 3 aromatic heterocycles. The van der Waals surface area contributed by atoms with Crippen molar-refractivity contribution in [3.8, 4) is 34.0 Å². The Balaban J connectivity index is 1.16. The highest BCUT2D eigenvalue weighted by Crippen LogP contribution is 2.50. The number of unbranched alkanes of at least 4 members (excludes halogenated alkanes) is 6. The highest BCUT2D eigenvalue weighted by molar-refractivity contribution is 7.48. The molecule has 548 valence electrons. The normalized spacial score (nSPS) is 13.1. The molecular formula is C72H96N9O19P. The molecule has 0 saturated carbocycles. The van der Waals surface area contributed by atoms with E-state index < -0.39 is 99.5 Å². The van der Waals surface area contributed by atoms with Gasteiger partial charge < -0.3 is 45.2 Å². The summed E-state index contributed by atoms with van der Waals surface area (Å²) >= 11 is 0. The van der Waals surface area contributed by atoms with E-state index in [1.54, 1.807) is 39.0 Å². The van der Waals surface area contributed by atoms with E-state index in [0.29, 0.717) is 55.8 Å². The number of phosphoric ester groups is 1.